The van der Waals surface area contributed by atoms with Gasteiger partial charge in [0.2, 0.25) is 0 Å². The quantitative estimate of drug-likeness (QED) is 0.564. The fourth-order valence-electron chi connectivity index (χ4n) is 2.56. The van der Waals surface area contributed by atoms with E-state index in [4.69, 9.17) is 0 Å². The summed E-state index contributed by atoms with van der Waals surface area (Å²) in [5.41, 5.74) is 1.49. The molecule has 0 bridgehead atoms. The van der Waals surface area contributed by atoms with Crippen LogP contribution in [0.5, 0.6) is 0 Å². The Labute approximate surface area is 173 Å². The Kier molecular flexibility index (Phi) is 8.97. The molecule has 2 aliphatic rings. The third-order valence-corrected chi connectivity index (χ3v) is 3.92. The van der Waals surface area contributed by atoms with Gasteiger partial charge in [0.25, 0.3) is 0 Å². The van der Waals surface area contributed by atoms with Crippen LogP contribution in [0.2, 0.25) is 0 Å². The van der Waals surface area contributed by atoms with Crippen LogP contribution in [0.15, 0.2) is 60.7 Å². The van der Waals surface area contributed by atoms with Gasteiger partial charge in [-0.05, 0) is 51.4 Å². The van der Waals surface area contributed by atoms with Crippen molar-refractivity contribution in [2.45, 2.75) is 0 Å². The molecule has 2 nitrogen and oxygen atoms in total. The van der Waals surface area contributed by atoms with E-state index in [9.17, 15) is 9.59 Å². The first-order chi connectivity index (χ1) is 12.8. The summed E-state index contributed by atoms with van der Waals surface area (Å²) in [7, 11) is 0. The van der Waals surface area contributed by atoms with E-state index in [0.29, 0.717) is 0 Å². The Morgan fingerprint density at radius 3 is 1.07 bits per heavy atom. The topological polar surface area (TPSA) is 34.1 Å². The van der Waals surface area contributed by atoms with E-state index in [1.54, 1.807) is 0 Å². The Morgan fingerprint density at radius 1 is 0.481 bits per heavy atom. The number of benzene rings is 2. The maximum absolute atomic E-state index is 11.7. The van der Waals surface area contributed by atoms with Crippen LogP contribution in [0.4, 0.5) is 0 Å². The summed E-state index contributed by atoms with van der Waals surface area (Å²) in [6.07, 6.45) is 14.8. The van der Waals surface area contributed by atoms with Crippen LogP contribution in [-0.2, 0) is 17.1 Å². The molecule has 0 amide bonds. The van der Waals surface area contributed by atoms with Gasteiger partial charge in [-0.1, -0.05) is 60.7 Å². The third kappa shape index (κ3) is 6.16. The van der Waals surface area contributed by atoms with E-state index in [0.717, 1.165) is 23.0 Å². The molecule has 10 radical (unpaired) electrons. The van der Waals surface area contributed by atoms with Crippen LogP contribution >= 0.6 is 0 Å². The van der Waals surface area contributed by atoms with Crippen LogP contribution in [0, 0.1) is 63.2 Å². The summed E-state index contributed by atoms with van der Waals surface area (Å²) in [6.45, 7) is 0. The second-order valence-corrected chi connectivity index (χ2v) is 5.74. The van der Waals surface area contributed by atoms with Gasteiger partial charge in [0, 0.05) is 11.1 Å². The van der Waals surface area contributed by atoms with Crippen molar-refractivity contribution in [1.29, 1.82) is 0 Å². The van der Waals surface area contributed by atoms with Gasteiger partial charge in [-0.2, -0.15) is 0 Å². The van der Waals surface area contributed by atoms with E-state index < -0.39 is 0 Å². The van der Waals surface area contributed by atoms with E-state index in [-0.39, 0.29) is 28.6 Å². The molecule has 2 fully saturated rings. The van der Waals surface area contributed by atoms with Crippen LogP contribution in [0.3, 0.4) is 0 Å². The molecule has 27 heavy (non-hydrogen) atoms. The summed E-state index contributed by atoms with van der Waals surface area (Å²) in [6, 6.07) is 18.6. The van der Waals surface area contributed by atoms with Gasteiger partial charge in [-0.25, -0.2) is 0 Å². The zero-order chi connectivity index (χ0) is 18.2. The van der Waals surface area contributed by atoms with Crippen molar-refractivity contribution in [3.63, 3.8) is 0 Å². The molecular formula is C24H18FeO2+2. The summed E-state index contributed by atoms with van der Waals surface area (Å²) in [4.78, 5) is 23.4. The second-order valence-electron chi connectivity index (χ2n) is 5.74. The van der Waals surface area contributed by atoms with Crippen LogP contribution in [-0.4, -0.2) is 11.6 Å². The van der Waals surface area contributed by atoms with Gasteiger partial charge >= 0.3 is 17.1 Å². The molecule has 132 valence electrons. The molecule has 2 aromatic rings. The van der Waals surface area contributed by atoms with Gasteiger partial charge in [-0.15, -0.1) is 0 Å². The van der Waals surface area contributed by atoms with Crippen LogP contribution in [0.25, 0.3) is 0 Å². The maximum Gasteiger partial charge on any atom is 2.00 e. The molecule has 0 saturated heterocycles. The van der Waals surface area contributed by atoms with Crippen LogP contribution in [0.1, 0.15) is 20.7 Å². The first kappa shape index (κ1) is 21.6. The summed E-state index contributed by atoms with van der Waals surface area (Å²) < 4.78 is 0. The number of ketones is 2. The average Bonchev–Trinajstić information content (AvgIpc) is 3.43. The second kappa shape index (κ2) is 11.2. The molecule has 0 heterocycles. The van der Waals surface area contributed by atoms with Gasteiger partial charge in [0.1, 0.15) is 0 Å². The SMILES string of the molecule is O=C([C]1[CH][CH][CH][CH]1)c1ccccc1.O=C([C]1[CH][CH][CH][CH]1)c1ccccc1.[Fe+2]. The molecular weight excluding hydrogens is 376 g/mol. The minimum Gasteiger partial charge on any atom is -0.293 e. The third-order valence-electron chi connectivity index (χ3n) is 3.92. The molecule has 2 saturated carbocycles. The minimum absolute atomic E-state index is 0. The van der Waals surface area contributed by atoms with Gasteiger partial charge < -0.3 is 0 Å². The fourth-order valence-corrected chi connectivity index (χ4v) is 2.56. The fraction of sp³-hybridized carbons (Fsp3) is 0. The molecule has 2 aromatic carbocycles. The molecule has 0 spiro atoms. The predicted molar refractivity (Wildman–Crippen MR) is 102 cm³/mol. The van der Waals surface area contributed by atoms with Crippen molar-refractivity contribution in [3.8, 4) is 0 Å². The minimum atomic E-state index is 0. The summed E-state index contributed by atoms with van der Waals surface area (Å²) in [5.74, 6) is 1.69. The van der Waals surface area contributed by atoms with E-state index in [2.05, 4.69) is 0 Å². The van der Waals surface area contributed by atoms with Crippen LogP contribution < -0.4 is 0 Å². The number of rotatable bonds is 4. The van der Waals surface area contributed by atoms with Crippen molar-refractivity contribution >= 4 is 11.6 Å². The van der Waals surface area contributed by atoms with Crippen molar-refractivity contribution in [3.05, 3.63) is 135 Å². The number of hydrogen-bond acceptors (Lipinski definition) is 2. The maximum atomic E-state index is 11.7. The first-order valence-corrected chi connectivity index (χ1v) is 8.38. The molecule has 4 rings (SSSR count). The van der Waals surface area contributed by atoms with Crippen molar-refractivity contribution in [2.24, 2.45) is 0 Å². The normalized spacial score (nSPS) is 16.9. The Balaban J connectivity index is 0.000000187. The number of carbonyl (C=O) groups excluding carboxylic acids is 2. The predicted octanol–water partition coefficient (Wildman–Crippen LogP) is 4.55. The number of carbonyl (C=O) groups is 2. The standard InChI is InChI=1S/2C12H9O.Fe/c2*13-12(11-8-4-5-9-11)10-6-2-1-3-7-10;/h2*1-9H;/q;;+2. The molecule has 3 heteroatoms. The van der Waals surface area contributed by atoms with Crippen molar-refractivity contribution in [1.82, 2.24) is 0 Å². The molecule has 0 atom stereocenters. The molecule has 0 aromatic heterocycles. The van der Waals surface area contributed by atoms with Gasteiger partial charge in [-0.3, -0.25) is 9.59 Å². The van der Waals surface area contributed by atoms with Crippen molar-refractivity contribution in [2.75, 3.05) is 0 Å². The Morgan fingerprint density at radius 2 is 0.778 bits per heavy atom. The van der Waals surface area contributed by atoms with E-state index in [1.807, 2.05) is 112 Å². The smallest absolute Gasteiger partial charge is 0.293 e. The summed E-state index contributed by atoms with van der Waals surface area (Å²) in [5, 5.41) is 0. The zero-order valence-corrected chi connectivity index (χ0v) is 15.7. The Hall–Kier alpha value is -1.70. The monoisotopic (exact) mass is 394 g/mol. The summed E-state index contributed by atoms with van der Waals surface area (Å²) >= 11 is 0. The first-order valence-electron chi connectivity index (χ1n) is 8.38. The van der Waals surface area contributed by atoms with Crippen molar-refractivity contribution < 1.29 is 26.7 Å². The molecule has 0 aliphatic heterocycles. The molecule has 0 unspecified atom stereocenters. The number of Topliss-reactive ketones (excluding diaryl/α,β-unsaturated/α-hetero) is 2. The van der Waals surface area contributed by atoms with E-state index >= 15 is 0 Å². The van der Waals surface area contributed by atoms with Gasteiger partial charge in [0.05, 0.1) is 11.8 Å². The van der Waals surface area contributed by atoms with Gasteiger partial charge in [0.15, 0.2) is 11.6 Å². The number of hydrogen-bond donors (Lipinski definition) is 0. The Bertz CT molecular complexity index is 636. The molecule has 2 aliphatic carbocycles. The van der Waals surface area contributed by atoms with E-state index in [1.165, 1.54) is 0 Å². The largest absolute Gasteiger partial charge is 2.00 e. The average molecular weight is 394 g/mol. The molecule has 0 N–H and O–H groups in total. The zero-order valence-electron chi connectivity index (χ0n) is 14.6.